The summed E-state index contributed by atoms with van der Waals surface area (Å²) < 4.78 is 5.82. The van der Waals surface area contributed by atoms with Crippen LogP contribution in [0, 0.1) is 10.4 Å². The maximum Gasteiger partial charge on any atom is 0.352 e. The van der Waals surface area contributed by atoms with Gasteiger partial charge in [0, 0.05) is 39.3 Å². The Kier molecular flexibility index (Phi) is 9.82. The summed E-state index contributed by atoms with van der Waals surface area (Å²) in [6, 6.07) is 3.02. The Morgan fingerprint density at radius 2 is 0.935 bits per heavy atom. The molecular formula is C32H42N8O6. The van der Waals surface area contributed by atoms with Crippen LogP contribution in [0.1, 0.15) is 90.9 Å². The van der Waals surface area contributed by atoms with Crippen molar-refractivity contribution in [3.05, 3.63) is 64.2 Å². The number of benzene rings is 1. The summed E-state index contributed by atoms with van der Waals surface area (Å²) in [5.74, 6) is -0.120. The minimum Gasteiger partial charge on any atom is -0.618 e. The van der Waals surface area contributed by atoms with Gasteiger partial charge in [0.1, 0.15) is 11.0 Å². The van der Waals surface area contributed by atoms with Gasteiger partial charge in [-0.1, -0.05) is 78.1 Å². The van der Waals surface area contributed by atoms with Crippen LogP contribution in [0.4, 0.5) is 0 Å². The quantitative estimate of drug-likeness (QED) is 0.0778. The van der Waals surface area contributed by atoms with Crippen LogP contribution in [0.15, 0.2) is 31.3 Å². The number of unbranched alkanes of at least 4 members (excludes halogenated alkanes) is 10. The molecule has 0 bridgehead atoms. The van der Waals surface area contributed by atoms with E-state index in [4.69, 9.17) is 0 Å². The van der Waals surface area contributed by atoms with Crippen molar-refractivity contribution in [1.29, 1.82) is 0 Å². The Hall–Kier alpha value is -4.62. The highest BCUT2D eigenvalue weighted by Crippen LogP contribution is 2.27. The Bertz CT molecular complexity index is 1930. The molecule has 0 atom stereocenters. The summed E-state index contributed by atoms with van der Waals surface area (Å²) in [5, 5.41) is 27.8. The van der Waals surface area contributed by atoms with Crippen LogP contribution in [0.25, 0.3) is 45.1 Å². The van der Waals surface area contributed by atoms with Gasteiger partial charge in [-0.05, 0) is 12.8 Å². The lowest BCUT2D eigenvalue weighted by Gasteiger charge is -2.20. The third-order valence-corrected chi connectivity index (χ3v) is 8.89. The van der Waals surface area contributed by atoms with Crippen molar-refractivity contribution < 1.29 is 9.46 Å². The maximum absolute atomic E-state index is 13.9. The topological polar surface area (TPSA) is 168 Å². The Morgan fingerprint density at radius 3 is 1.30 bits per heavy atom. The van der Waals surface area contributed by atoms with E-state index in [0.29, 0.717) is 46.4 Å². The van der Waals surface area contributed by atoms with Crippen LogP contribution in [-0.2, 0) is 27.2 Å². The molecule has 0 aromatic heterocycles. The second-order valence-electron chi connectivity index (χ2n) is 12.1. The van der Waals surface area contributed by atoms with E-state index in [-0.39, 0.29) is 34.1 Å². The molecule has 0 unspecified atom stereocenters. The van der Waals surface area contributed by atoms with Gasteiger partial charge in [0.05, 0.1) is 0 Å². The minimum absolute atomic E-state index is 0.0599. The van der Waals surface area contributed by atoms with E-state index in [9.17, 15) is 29.6 Å². The fourth-order valence-corrected chi connectivity index (χ4v) is 6.19. The molecular weight excluding hydrogens is 592 g/mol. The van der Waals surface area contributed by atoms with Crippen molar-refractivity contribution >= 4 is 22.1 Å². The van der Waals surface area contributed by atoms with E-state index in [1.54, 1.807) is 9.13 Å². The zero-order valence-corrected chi connectivity index (χ0v) is 27.1. The van der Waals surface area contributed by atoms with Gasteiger partial charge in [-0.2, -0.15) is 19.4 Å². The Morgan fingerprint density at radius 1 is 0.587 bits per heavy atom. The Labute approximate surface area is 265 Å². The highest BCUT2D eigenvalue weighted by atomic mass is 16.5. The number of aryl methyl sites for hydroxylation is 2. The molecule has 0 saturated carbocycles. The number of hydrogen-bond donors (Lipinski definition) is 0. The molecule has 46 heavy (non-hydrogen) atoms. The number of nitrogens with zero attached hydrogens (tertiary/aromatic N) is 8. The second-order valence-corrected chi connectivity index (χ2v) is 12.1. The fraction of sp³-hybridized carbons (Fsp3) is 0.562. The molecule has 4 aliphatic rings. The van der Waals surface area contributed by atoms with Crippen molar-refractivity contribution in [2.24, 2.45) is 14.1 Å². The monoisotopic (exact) mass is 634 g/mol. The first kappa shape index (κ1) is 32.8. The van der Waals surface area contributed by atoms with Crippen LogP contribution in [-0.4, -0.2) is 28.2 Å². The number of fused-ring (bicyclic) bond motifs is 4. The van der Waals surface area contributed by atoms with Gasteiger partial charge in [0.2, 0.25) is 22.7 Å². The molecule has 0 aliphatic carbocycles. The number of rotatable bonds is 14. The molecule has 0 spiro atoms. The highest BCUT2D eigenvalue weighted by Gasteiger charge is 2.33. The third kappa shape index (κ3) is 5.87. The molecule has 1 aromatic rings. The molecule has 4 aliphatic heterocycles. The van der Waals surface area contributed by atoms with E-state index < -0.39 is 22.5 Å². The van der Waals surface area contributed by atoms with Gasteiger partial charge in [0.25, 0.3) is 0 Å². The SMILES string of the molecule is CCCCCCCCn1c2nc(=O)n(C)c(=O)c-2[n+]([O-])c2cc3c(cc21)[n+]([O-])c1c(=O)n(C)c(=O)nc-1n3CCCCCCCC. The predicted octanol–water partition coefficient (Wildman–Crippen LogP) is 2.70. The molecule has 1 aromatic carbocycles. The van der Waals surface area contributed by atoms with E-state index >= 15 is 0 Å². The molecule has 14 nitrogen and oxygen atoms in total. The molecule has 4 heterocycles. The summed E-state index contributed by atoms with van der Waals surface area (Å²) in [7, 11) is 2.54. The van der Waals surface area contributed by atoms with Crippen LogP contribution >= 0.6 is 0 Å². The van der Waals surface area contributed by atoms with Gasteiger partial charge in [0.15, 0.2) is 0 Å². The zero-order valence-electron chi connectivity index (χ0n) is 27.1. The van der Waals surface area contributed by atoms with Crippen LogP contribution < -0.4 is 32.0 Å². The van der Waals surface area contributed by atoms with Crippen LogP contribution in [0.5, 0.6) is 0 Å². The normalized spacial score (nSPS) is 11.9. The van der Waals surface area contributed by atoms with Gasteiger partial charge < -0.3 is 19.5 Å². The van der Waals surface area contributed by atoms with E-state index in [1.165, 1.54) is 26.2 Å². The van der Waals surface area contributed by atoms with Crippen molar-refractivity contribution in [3.63, 3.8) is 0 Å². The summed E-state index contributed by atoms with van der Waals surface area (Å²) in [5.41, 5.74) is -2.94. The maximum atomic E-state index is 13.9. The van der Waals surface area contributed by atoms with E-state index in [0.717, 1.165) is 73.3 Å². The predicted molar refractivity (Wildman–Crippen MR) is 174 cm³/mol. The molecule has 0 amide bonds. The van der Waals surface area contributed by atoms with Crippen molar-refractivity contribution in [2.75, 3.05) is 0 Å². The van der Waals surface area contributed by atoms with Crippen molar-refractivity contribution in [3.8, 4) is 23.0 Å². The van der Waals surface area contributed by atoms with Crippen LogP contribution in [0.3, 0.4) is 0 Å². The first-order valence-electron chi connectivity index (χ1n) is 16.4. The third-order valence-electron chi connectivity index (χ3n) is 8.89. The lowest BCUT2D eigenvalue weighted by atomic mass is 10.1. The van der Waals surface area contributed by atoms with Gasteiger partial charge >= 0.3 is 33.9 Å². The standard InChI is InChI=1S/C32H42N8O6/c1-5-7-9-11-13-15-17-37-21-19-24-22(20-23(21)39(45)25-27(37)33-31(43)35(3)29(25)41)38(18-16-14-12-10-8-6-2)28-26(40(24)46)30(42)36(4)32(44)34-28/h19-20H,5-18H2,1-4H3. The largest absolute Gasteiger partial charge is 0.618 e. The highest BCUT2D eigenvalue weighted by molar-refractivity contribution is 5.90. The van der Waals surface area contributed by atoms with E-state index in [1.807, 2.05) is 0 Å². The summed E-state index contributed by atoms with van der Waals surface area (Å²) >= 11 is 0. The Balaban J connectivity index is 1.80. The average molecular weight is 635 g/mol. The number of hydrogen-bond acceptors (Lipinski definition) is 8. The lowest BCUT2D eigenvalue weighted by molar-refractivity contribution is -0.569. The summed E-state index contributed by atoms with van der Waals surface area (Å²) in [6.07, 6.45) is 11.8. The molecule has 5 rings (SSSR count). The van der Waals surface area contributed by atoms with Crippen molar-refractivity contribution in [1.82, 2.24) is 28.2 Å². The smallest absolute Gasteiger partial charge is 0.352 e. The lowest BCUT2D eigenvalue weighted by Crippen LogP contribution is -2.47. The molecule has 0 radical (unpaired) electrons. The minimum atomic E-state index is -0.793. The van der Waals surface area contributed by atoms with E-state index in [2.05, 4.69) is 23.8 Å². The fourth-order valence-electron chi connectivity index (χ4n) is 6.19. The first-order valence-corrected chi connectivity index (χ1v) is 16.4. The summed E-state index contributed by atoms with van der Waals surface area (Å²) in [4.78, 5) is 60.1. The molecule has 0 N–H and O–H groups in total. The van der Waals surface area contributed by atoms with Gasteiger partial charge in [-0.15, -0.1) is 0 Å². The first-order chi connectivity index (χ1) is 22.1. The molecule has 14 heteroatoms. The van der Waals surface area contributed by atoms with Crippen molar-refractivity contribution in [2.45, 2.75) is 104 Å². The second kappa shape index (κ2) is 13.8. The van der Waals surface area contributed by atoms with Gasteiger partial charge in [-0.3, -0.25) is 18.7 Å². The van der Waals surface area contributed by atoms with Crippen LogP contribution in [0.2, 0.25) is 0 Å². The summed E-state index contributed by atoms with van der Waals surface area (Å²) in [6.45, 7) is 4.97. The number of aromatic nitrogens is 8. The molecule has 246 valence electrons. The molecule has 0 fully saturated rings. The van der Waals surface area contributed by atoms with Gasteiger partial charge in [-0.25, -0.2) is 9.59 Å². The zero-order chi connectivity index (χ0) is 33.1. The average Bonchev–Trinajstić information content (AvgIpc) is 3.04. The molecule has 0 saturated heterocycles.